The first-order valence-electron chi connectivity index (χ1n) is 9.29. The van der Waals surface area contributed by atoms with Crippen LogP contribution in [0.25, 0.3) is 11.0 Å². The van der Waals surface area contributed by atoms with E-state index in [2.05, 4.69) is 5.32 Å². The van der Waals surface area contributed by atoms with Crippen LogP contribution >= 0.6 is 0 Å². The third-order valence-electron chi connectivity index (χ3n) is 4.99. The van der Waals surface area contributed by atoms with Gasteiger partial charge in [0.25, 0.3) is 5.91 Å². The van der Waals surface area contributed by atoms with Gasteiger partial charge in [-0.25, -0.2) is 0 Å². The summed E-state index contributed by atoms with van der Waals surface area (Å²) in [6.07, 6.45) is 1.28. The Kier molecular flexibility index (Phi) is 4.69. The van der Waals surface area contributed by atoms with Crippen LogP contribution < -0.4 is 10.7 Å². The minimum atomic E-state index is -0.486. The Morgan fingerprint density at radius 3 is 2.75 bits per heavy atom. The molecule has 0 spiro atoms. The smallest absolute Gasteiger partial charge is 0.291 e. The summed E-state index contributed by atoms with van der Waals surface area (Å²) in [6.45, 7) is 3.11. The van der Waals surface area contributed by atoms with E-state index in [0.717, 1.165) is 12.0 Å². The van der Waals surface area contributed by atoms with Gasteiger partial charge in [0.2, 0.25) is 5.91 Å². The van der Waals surface area contributed by atoms with Crippen LogP contribution in [0.2, 0.25) is 0 Å². The van der Waals surface area contributed by atoms with Gasteiger partial charge in [-0.1, -0.05) is 25.1 Å². The van der Waals surface area contributed by atoms with E-state index in [-0.39, 0.29) is 17.1 Å². The third kappa shape index (κ3) is 3.41. The molecule has 3 aromatic rings. The van der Waals surface area contributed by atoms with Crippen LogP contribution in [0.4, 0.5) is 5.69 Å². The van der Waals surface area contributed by atoms with E-state index in [9.17, 15) is 14.4 Å². The number of fused-ring (bicyclic) bond motifs is 2. The Morgan fingerprint density at radius 2 is 1.93 bits per heavy atom. The molecule has 0 radical (unpaired) electrons. The lowest BCUT2D eigenvalue weighted by atomic mass is 9.99. The van der Waals surface area contributed by atoms with Crippen LogP contribution in [0.3, 0.4) is 0 Å². The molecule has 2 amide bonds. The second-order valence-electron chi connectivity index (χ2n) is 6.83. The lowest BCUT2D eigenvalue weighted by Crippen LogP contribution is -2.35. The van der Waals surface area contributed by atoms with Crippen molar-refractivity contribution in [3.63, 3.8) is 0 Å². The molecule has 0 saturated heterocycles. The van der Waals surface area contributed by atoms with E-state index >= 15 is 0 Å². The molecule has 2 heterocycles. The second kappa shape index (κ2) is 7.31. The van der Waals surface area contributed by atoms with E-state index in [1.165, 1.54) is 11.6 Å². The van der Waals surface area contributed by atoms with Crippen LogP contribution in [0, 0.1) is 0 Å². The molecule has 0 unspecified atom stereocenters. The van der Waals surface area contributed by atoms with Crippen LogP contribution in [-0.4, -0.2) is 23.3 Å². The summed E-state index contributed by atoms with van der Waals surface area (Å²) in [5.74, 6) is -0.401. The number of nitrogens with one attached hydrogen (secondary N) is 1. The number of carbonyl (C=O) groups is 2. The van der Waals surface area contributed by atoms with Gasteiger partial charge < -0.3 is 14.6 Å². The van der Waals surface area contributed by atoms with E-state index in [1.54, 1.807) is 24.3 Å². The van der Waals surface area contributed by atoms with Crippen LogP contribution in [0.15, 0.2) is 57.7 Å². The fraction of sp³-hybridized carbons (Fsp3) is 0.227. The highest BCUT2D eigenvalue weighted by Gasteiger charge is 2.20. The molecule has 0 aliphatic carbocycles. The van der Waals surface area contributed by atoms with E-state index in [1.807, 2.05) is 30.0 Å². The zero-order valence-electron chi connectivity index (χ0n) is 15.5. The molecule has 1 N–H and O–H groups in total. The molecule has 1 aliphatic heterocycles. The number of hydrogen-bond donors (Lipinski definition) is 1. The number of rotatable bonds is 3. The molecule has 0 fully saturated rings. The lowest BCUT2D eigenvalue weighted by Gasteiger charge is -2.29. The van der Waals surface area contributed by atoms with Gasteiger partial charge in [0.15, 0.2) is 11.2 Å². The highest BCUT2D eigenvalue weighted by atomic mass is 16.3. The Labute approximate surface area is 161 Å². The van der Waals surface area contributed by atoms with Crippen LogP contribution in [-0.2, 0) is 17.8 Å². The standard InChI is InChI=1S/C22H20N2O4/c1-2-21(26)24-10-9-14-7-8-16(11-15(14)13-24)23-22(27)20-12-18(25)17-5-3-4-6-19(17)28-20/h3-8,11-12H,2,9-10,13H2,1H3,(H,23,27). The molecule has 0 bridgehead atoms. The monoisotopic (exact) mass is 376 g/mol. The zero-order chi connectivity index (χ0) is 19.7. The van der Waals surface area contributed by atoms with Crippen molar-refractivity contribution in [2.45, 2.75) is 26.3 Å². The molecular weight excluding hydrogens is 356 g/mol. The van der Waals surface area contributed by atoms with Gasteiger partial charge in [-0.15, -0.1) is 0 Å². The number of para-hydroxylation sites is 1. The van der Waals surface area contributed by atoms with E-state index in [4.69, 9.17) is 4.42 Å². The summed E-state index contributed by atoms with van der Waals surface area (Å²) in [4.78, 5) is 38.6. The van der Waals surface area contributed by atoms with Crippen LogP contribution in [0.5, 0.6) is 0 Å². The first kappa shape index (κ1) is 18.0. The van der Waals surface area contributed by atoms with Crippen molar-refractivity contribution in [1.82, 2.24) is 4.90 Å². The Hall–Kier alpha value is -3.41. The molecule has 4 rings (SSSR count). The molecular formula is C22H20N2O4. The fourth-order valence-corrected chi connectivity index (χ4v) is 3.48. The van der Waals surface area contributed by atoms with Crippen molar-refractivity contribution < 1.29 is 14.0 Å². The van der Waals surface area contributed by atoms with Crippen molar-refractivity contribution in [2.24, 2.45) is 0 Å². The second-order valence-corrected chi connectivity index (χ2v) is 6.83. The normalized spacial score (nSPS) is 13.2. The summed E-state index contributed by atoms with van der Waals surface area (Å²) in [5.41, 5.74) is 2.91. The highest BCUT2D eigenvalue weighted by Crippen LogP contribution is 2.23. The average Bonchev–Trinajstić information content (AvgIpc) is 2.72. The number of benzene rings is 2. The molecule has 28 heavy (non-hydrogen) atoms. The topological polar surface area (TPSA) is 79.6 Å². The van der Waals surface area contributed by atoms with Crippen molar-refractivity contribution in [1.29, 1.82) is 0 Å². The maximum atomic E-state index is 12.6. The summed E-state index contributed by atoms with van der Waals surface area (Å²) >= 11 is 0. The maximum absolute atomic E-state index is 12.6. The molecule has 6 heteroatoms. The maximum Gasteiger partial charge on any atom is 0.291 e. The SMILES string of the molecule is CCC(=O)N1CCc2ccc(NC(=O)c3cc(=O)c4ccccc4o3)cc2C1. The van der Waals surface area contributed by atoms with Gasteiger partial charge >= 0.3 is 0 Å². The molecule has 142 valence electrons. The predicted molar refractivity (Wildman–Crippen MR) is 106 cm³/mol. The van der Waals surface area contributed by atoms with Gasteiger partial charge in [0.05, 0.1) is 5.39 Å². The molecule has 1 aliphatic rings. The molecule has 2 aromatic carbocycles. The third-order valence-corrected chi connectivity index (χ3v) is 4.99. The van der Waals surface area contributed by atoms with Crippen molar-refractivity contribution in [3.8, 4) is 0 Å². The molecule has 0 atom stereocenters. The summed E-state index contributed by atoms with van der Waals surface area (Å²) in [5, 5.41) is 3.22. The first-order valence-corrected chi connectivity index (χ1v) is 9.29. The number of amides is 2. The minimum absolute atomic E-state index is 0.0378. The van der Waals surface area contributed by atoms with Crippen LogP contribution in [0.1, 0.15) is 35.0 Å². The molecule has 6 nitrogen and oxygen atoms in total. The van der Waals surface area contributed by atoms with Crippen molar-refractivity contribution >= 4 is 28.5 Å². The minimum Gasteiger partial charge on any atom is -0.451 e. The fourth-order valence-electron chi connectivity index (χ4n) is 3.48. The average molecular weight is 376 g/mol. The van der Waals surface area contributed by atoms with Gasteiger partial charge in [0, 0.05) is 31.3 Å². The first-order chi connectivity index (χ1) is 13.5. The molecule has 0 saturated carbocycles. The number of anilines is 1. The Balaban J connectivity index is 1.57. The quantitative estimate of drug-likeness (QED) is 0.760. The summed E-state index contributed by atoms with van der Waals surface area (Å²) in [7, 11) is 0. The molecule has 1 aromatic heterocycles. The van der Waals surface area contributed by atoms with Gasteiger partial charge in [-0.3, -0.25) is 14.4 Å². The number of nitrogens with zero attached hydrogens (tertiary/aromatic N) is 1. The van der Waals surface area contributed by atoms with Gasteiger partial charge in [-0.2, -0.15) is 0 Å². The number of hydrogen-bond acceptors (Lipinski definition) is 4. The summed E-state index contributed by atoms with van der Waals surface area (Å²) in [6, 6.07) is 13.7. The van der Waals surface area contributed by atoms with E-state index < -0.39 is 5.91 Å². The highest BCUT2D eigenvalue weighted by molar-refractivity contribution is 6.03. The van der Waals surface area contributed by atoms with Crippen molar-refractivity contribution in [2.75, 3.05) is 11.9 Å². The lowest BCUT2D eigenvalue weighted by molar-refractivity contribution is -0.131. The van der Waals surface area contributed by atoms with E-state index in [0.29, 0.717) is 36.2 Å². The predicted octanol–water partition coefficient (Wildman–Crippen LogP) is 3.34. The number of carbonyl (C=O) groups excluding carboxylic acids is 2. The summed E-state index contributed by atoms with van der Waals surface area (Å²) < 4.78 is 5.59. The van der Waals surface area contributed by atoms with Crippen molar-refractivity contribution in [3.05, 3.63) is 75.6 Å². The van der Waals surface area contributed by atoms with Gasteiger partial charge in [-0.05, 0) is 41.8 Å². The zero-order valence-corrected chi connectivity index (χ0v) is 15.5. The van der Waals surface area contributed by atoms with Gasteiger partial charge in [0.1, 0.15) is 5.58 Å². The Morgan fingerprint density at radius 1 is 1.11 bits per heavy atom. The largest absolute Gasteiger partial charge is 0.451 e. The Bertz CT molecular complexity index is 1130.